The van der Waals surface area contributed by atoms with Crippen LogP contribution in [0.1, 0.15) is 18.1 Å². The van der Waals surface area contributed by atoms with Crippen LogP contribution in [0.4, 0.5) is 0 Å². The minimum absolute atomic E-state index is 0.580. The molecule has 27 heavy (non-hydrogen) atoms. The molecular formula is C25H19NO. The lowest BCUT2D eigenvalue weighted by atomic mass is 9.97. The van der Waals surface area contributed by atoms with Crippen molar-refractivity contribution < 1.29 is 4.74 Å². The van der Waals surface area contributed by atoms with E-state index in [9.17, 15) is 5.26 Å². The van der Waals surface area contributed by atoms with Crippen LogP contribution < -0.4 is 4.74 Å². The van der Waals surface area contributed by atoms with E-state index in [-0.39, 0.29) is 0 Å². The maximum atomic E-state index is 9.85. The van der Waals surface area contributed by atoms with Crippen LogP contribution in [-0.4, -0.2) is 6.61 Å². The topological polar surface area (TPSA) is 33.0 Å². The maximum Gasteiger partial charge on any atom is 0.127 e. The van der Waals surface area contributed by atoms with Crippen molar-refractivity contribution in [2.75, 3.05) is 6.61 Å². The van der Waals surface area contributed by atoms with Gasteiger partial charge in [-0.2, -0.15) is 5.26 Å². The monoisotopic (exact) mass is 349 g/mol. The molecule has 0 atom stereocenters. The predicted molar refractivity (Wildman–Crippen MR) is 113 cm³/mol. The number of ether oxygens (including phenoxy) is 1. The highest BCUT2D eigenvalue weighted by Gasteiger charge is 2.10. The van der Waals surface area contributed by atoms with Crippen molar-refractivity contribution in [2.45, 2.75) is 6.92 Å². The van der Waals surface area contributed by atoms with E-state index in [0.29, 0.717) is 12.2 Å². The van der Waals surface area contributed by atoms with E-state index < -0.39 is 0 Å². The molecule has 0 amide bonds. The van der Waals surface area contributed by atoms with Crippen LogP contribution in [0.15, 0.2) is 78.9 Å². The molecule has 0 saturated carbocycles. The van der Waals surface area contributed by atoms with Crippen molar-refractivity contribution in [3.8, 4) is 11.8 Å². The van der Waals surface area contributed by atoms with Crippen LogP contribution in [0.5, 0.6) is 5.75 Å². The molecule has 4 rings (SSSR count). The molecule has 0 heterocycles. The van der Waals surface area contributed by atoms with E-state index >= 15 is 0 Å². The van der Waals surface area contributed by atoms with Gasteiger partial charge in [0.25, 0.3) is 0 Å². The molecule has 4 aromatic rings. The number of allylic oxidation sites excluding steroid dienone is 1. The van der Waals surface area contributed by atoms with Gasteiger partial charge in [-0.1, -0.05) is 66.7 Å². The highest BCUT2D eigenvalue weighted by atomic mass is 16.5. The standard InChI is InChI=1S/C25H19NO/c1-2-27-25-14-13-19-8-5-6-10-23(19)24(25)16-22(17-26)21-12-11-18-7-3-4-9-20(18)15-21/h3-16H,2H2,1H3/b22-16-. The van der Waals surface area contributed by atoms with Crippen molar-refractivity contribution in [3.05, 3.63) is 90.0 Å². The molecule has 0 radical (unpaired) electrons. The van der Waals surface area contributed by atoms with Crippen LogP contribution in [0.3, 0.4) is 0 Å². The van der Waals surface area contributed by atoms with Crippen LogP contribution in [0.2, 0.25) is 0 Å². The zero-order valence-electron chi connectivity index (χ0n) is 15.1. The Labute approximate surface area is 158 Å². The van der Waals surface area contributed by atoms with Gasteiger partial charge < -0.3 is 4.74 Å². The van der Waals surface area contributed by atoms with E-state index in [1.165, 1.54) is 5.39 Å². The van der Waals surface area contributed by atoms with Gasteiger partial charge in [0.05, 0.1) is 18.2 Å². The van der Waals surface area contributed by atoms with Gasteiger partial charge in [0, 0.05) is 5.56 Å². The molecule has 0 spiro atoms. The quantitative estimate of drug-likeness (QED) is 0.313. The van der Waals surface area contributed by atoms with Crippen molar-refractivity contribution in [3.63, 3.8) is 0 Å². The summed E-state index contributed by atoms with van der Waals surface area (Å²) in [5.41, 5.74) is 2.48. The molecule has 0 aliphatic carbocycles. The van der Waals surface area contributed by atoms with E-state index in [2.05, 4.69) is 48.5 Å². The lowest BCUT2D eigenvalue weighted by molar-refractivity contribution is 0.340. The molecule has 2 nitrogen and oxygen atoms in total. The van der Waals surface area contributed by atoms with Gasteiger partial charge in [-0.3, -0.25) is 0 Å². The van der Waals surface area contributed by atoms with Crippen molar-refractivity contribution in [1.29, 1.82) is 5.26 Å². The molecule has 130 valence electrons. The normalized spacial score (nSPS) is 11.5. The van der Waals surface area contributed by atoms with Crippen molar-refractivity contribution in [1.82, 2.24) is 0 Å². The number of hydrogen-bond donors (Lipinski definition) is 0. The summed E-state index contributed by atoms with van der Waals surface area (Å²) in [7, 11) is 0. The Kier molecular flexibility index (Phi) is 4.60. The average molecular weight is 349 g/mol. The van der Waals surface area contributed by atoms with Crippen molar-refractivity contribution >= 4 is 33.2 Å². The zero-order valence-corrected chi connectivity index (χ0v) is 15.1. The Bertz CT molecular complexity index is 1200. The Morgan fingerprint density at radius 2 is 1.59 bits per heavy atom. The van der Waals surface area contributed by atoms with Crippen LogP contribution in [-0.2, 0) is 0 Å². The summed E-state index contributed by atoms with van der Waals surface area (Å²) in [5, 5.41) is 14.3. The first-order valence-electron chi connectivity index (χ1n) is 9.05. The van der Waals surface area contributed by atoms with Crippen LogP contribution in [0, 0.1) is 11.3 Å². The average Bonchev–Trinajstić information content (AvgIpc) is 2.73. The van der Waals surface area contributed by atoms with Gasteiger partial charge in [0.1, 0.15) is 5.75 Å². The summed E-state index contributed by atoms with van der Waals surface area (Å²) in [5.74, 6) is 0.796. The fourth-order valence-electron chi connectivity index (χ4n) is 3.39. The summed E-state index contributed by atoms with van der Waals surface area (Å²) < 4.78 is 5.84. The Balaban J connectivity index is 1.91. The number of nitrogens with zero attached hydrogens (tertiary/aromatic N) is 1. The first kappa shape index (κ1) is 16.9. The third-order valence-electron chi connectivity index (χ3n) is 4.70. The second kappa shape index (κ2) is 7.35. The van der Waals surface area contributed by atoms with Crippen LogP contribution in [0.25, 0.3) is 33.2 Å². The molecule has 0 bridgehead atoms. The van der Waals surface area contributed by atoms with Crippen LogP contribution >= 0.6 is 0 Å². The summed E-state index contributed by atoms with van der Waals surface area (Å²) in [6.45, 7) is 2.55. The number of hydrogen-bond acceptors (Lipinski definition) is 2. The van der Waals surface area contributed by atoms with Gasteiger partial charge in [0.2, 0.25) is 0 Å². The van der Waals surface area contributed by atoms with E-state index in [1.807, 2.05) is 49.4 Å². The SMILES string of the molecule is CCOc1ccc2ccccc2c1/C=C(/C#N)c1ccc2ccccc2c1. The molecule has 0 aromatic heterocycles. The predicted octanol–water partition coefficient (Wildman–Crippen LogP) is 6.46. The van der Waals surface area contributed by atoms with E-state index in [0.717, 1.165) is 33.0 Å². The molecule has 0 N–H and O–H groups in total. The smallest absolute Gasteiger partial charge is 0.127 e. The Hall–Kier alpha value is -3.57. The minimum atomic E-state index is 0.580. The molecular weight excluding hydrogens is 330 g/mol. The Morgan fingerprint density at radius 1 is 0.889 bits per heavy atom. The molecule has 0 saturated heterocycles. The van der Waals surface area contributed by atoms with Gasteiger partial charge in [0.15, 0.2) is 0 Å². The van der Waals surface area contributed by atoms with E-state index in [1.54, 1.807) is 0 Å². The van der Waals surface area contributed by atoms with E-state index in [4.69, 9.17) is 4.74 Å². The molecule has 4 aromatic carbocycles. The first-order chi connectivity index (χ1) is 13.3. The number of nitriles is 1. The molecule has 2 heteroatoms. The highest BCUT2D eigenvalue weighted by Crippen LogP contribution is 2.32. The van der Waals surface area contributed by atoms with Gasteiger partial charge >= 0.3 is 0 Å². The zero-order chi connectivity index (χ0) is 18.6. The maximum absolute atomic E-state index is 9.85. The third-order valence-corrected chi connectivity index (χ3v) is 4.70. The summed E-state index contributed by atoms with van der Waals surface area (Å²) >= 11 is 0. The fourth-order valence-corrected chi connectivity index (χ4v) is 3.39. The van der Waals surface area contributed by atoms with Gasteiger partial charge in [-0.25, -0.2) is 0 Å². The third kappa shape index (κ3) is 3.28. The second-order valence-electron chi connectivity index (χ2n) is 6.36. The van der Waals surface area contributed by atoms with Crippen molar-refractivity contribution in [2.24, 2.45) is 0 Å². The Morgan fingerprint density at radius 3 is 2.37 bits per heavy atom. The molecule has 0 unspecified atom stereocenters. The molecule has 0 aliphatic rings. The second-order valence-corrected chi connectivity index (χ2v) is 6.36. The highest BCUT2D eigenvalue weighted by molar-refractivity contribution is 6.01. The largest absolute Gasteiger partial charge is 0.493 e. The molecule has 0 fully saturated rings. The summed E-state index contributed by atoms with van der Waals surface area (Å²) in [6, 6.07) is 28.9. The summed E-state index contributed by atoms with van der Waals surface area (Å²) in [4.78, 5) is 0. The number of benzene rings is 4. The number of fused-ring (bicyclic) bond motifs is 2. The molecule has 0 aliphatic heterocycles. The number of rotatable bonds is 4. The summed E-state index contributed by atoms with van der Waals surface area (Å²) in [6.07, 6.45) is 1.94. The fraction of sp³-hybridized carbons (Fsp3) is 0.0800. The van der Waals surface area contributed by atoms with Gasteiger partial charge in [-0.05, 0) is 52.2 Å². The lowest BCUT2D eigenvalue weighted by Gasteiger charge is -2.11. The lowest BCUT2D eigenvalue weighted by Crippen LogP contribution is -1.95. The van der Waals surface area contributed by atoms with Gasteiger partial charge in [-0.15, -0.1) is 0 Å². The first-order valence-corrected chi connectivity index (χ1v) is 9.05. The minimum Gasteiger partial charge on any atom is -0.493 e.